The standard InChI is InChI=1S/C12H19N3O2/c1-8-11(4-5-12(16)17)9(2)15(13-8)10-6-14(3)7-10/h10H,4-7H2,1-3H3,(H,16,17). The van der Waals surface area contributed by atoms with E-state index in [2.05, 4.69) is 21.7 Å². The van der Waals surface area contributed by atoms with Gasteiger partial charge in [0, 0.05) is 25.2 Å². The van der Waals surface area contributed by atoms with E-state index in [1.54, 1.807) is 0 Å². The van der Waals surface area contributed by atoms with Crippen LogP contribution in [0.3, 0.4) is 0 Å². The second-order valence-electron chi connectivity index (χ2n) is 4.86. The fraction of sp³-hybridized carbons (Fsp3) is 0.667. The summed E-state index contributed by atoms with van der Waals surface area (Å²) in [6.45, 7) is 6.05. The number of aliphatic carboxylic acids is 1. The van der Waals surface area contributed by atoms with Crippen molar-refractivity contribution in [2.75, 3.05) is 20.1 Å². The van der Waals surface area contributed by atoms with Crippen LogP contribution in [0.5, 0.6) is 0 Å². The highest BCUT2D eigenvalue weighted by Crippen LogP contribution is 2.24. The maximum atomic E-state index is 10.6. The summed E-state index contributed by atoms with van der Waals surface area (Å²) in [7, 11) is 2.09. The van der Waals surface area contributed by atoms with Crippen molar-refractivity contribution in [3.63, 3.8) is 0 Å². The Balaban J connectivity index is 2.14. The number of likely N-dealkylation sites (tertiary alicyclic amines) is 1. The molecule has 0 saturated carbocycles. The van der Waals surface area contributed by atoms with Crippen molar-refractivity contribution in [2.45, 2.75) is 32.7 Å². The zero-order chi connectivity index (χ0) is 12.6. The second kappa shape index (κ2) is 4.49. The zero-order valence-corrected chi connectivity index (χ0v) is 10.6. The van der Waals surface area contributed by atoms with E-state index < -0.39 is 5.97 Å². The number of aromatic nitrogens is 2. The van der Waals surface area contributed by atoms with Gasteiger partial charge in [0.2, 0.25) is 0 Å². The van der Waals surface area contributed by atoms with Crippen molar-refractivity contribution in [3.05, 3.63) is 17.0 Å². The first-order chi connectivity index (χ1) is 7.99. The first kappa shape index (κ1) is 12.1. The molecule has 0 aliphatic carbocycles. The Kier molecular flexibility index (Phi) is 3.19. The van der Waals surface area contributed by atoms with Gasteiger partial charge >= 0.3 is 5.97 Å². The number of hydrogen-bond donors (Lipinski definition) is 1. The van der Waals surface area contributed by atoms with E-state index in [4.69, 9.17) is 5.11 Å². The van der Waals surface area contributed by atoms with Crippen LogP contribution in [0.1, 0.15) is 29.4 Å². The molecule has 0 radical (unpaired) electrons. The van der Waals surface area contributed by atoms with Crippen molar-refractivity contribution in [1.82, 2.24) is 14.7 Å². The monoisotopic (exact) mass is 237 g/mol. The molecular weight excluding hydrogens is 218 g/mol. The fourth-order valence-electron chi connectivity index (χ4n) is 2.47. The molecule has 2 rings (SSSR count). The third-order valence-corrected chi connectivity index (χ3v) is 3.45. The maximum absolute atomic E-state index is 10.6. The first-order valence-corrected chi connectivity index (χ1v) is 5.94. The molecule has 0 unspecified atom stereocenters. The van der Waals surface area contributed by atoms with Gasteiger partial charge in [-0.3, -0.25) is 9.48 Å². The molecule has 1 aliphatic rings. The maximum Gasteiger partial charge on any atom is 0.303 e. The molecular formula is C12H19N3O2. The average Bonchev–Trinajstić information content (AvgIpc) is 2.47. The van der Waals surface area contributed by atoms with E-state index in [0.29, 0.717) is 12.5 Å². The van der Waals surface area contributed by atoms with Crippen molar-refractivity contribution < 1.29 is 9.90 Å². The molecule has 94 valence electrons. The Morgan fingerprint density at radius 3 is 2.65 bits per heavy atom. The lowest BCUT2D eigenvalue weighted by atomic mass is 10.1. The predicted molar refractivity (Wildman–Crippen MR) is 64.2 cm³/mol. The average molecular weight is 237 g/mol. The summed E-state index contributed by atoms with van der Waals surface area (Å²) >= 11 is 0. The Hall–Kier alpha value is -1.36. The number of carboxylic acid groups (broad SMARTS) is 1. The molecule has 1 saturated heterocycles. The molecule has 1 aliphatic heterocycles. The van der Waals surface area contributed by atoms with Crippen molar-refractivity contribution in [3.8, 4) is 0 Å². The van der Waals surface area contributed by atoms with Crippen LogP contribution in [-0.2, 0) is 11.2 Å². The molecule has 0 atom stereocenters. The Morgan fingerprint density at radius 1 is 1.47 bits per heavy atom. The minimum Gasteiger partial charge on any atom is -0.481 e. The van der Waals surface area contributed by atoms with Crippen LogP contribution in [0.15, 0.2) is 0 Å². The van der Waals surface area contributed by atoms with E-state index in [1.165, 1.54) is 0 Å². The predicted octanol–water partition coefficient (Wildman–Crippen LogP) is 1.00. The summed E-state index contributed by atoms with van der Waals surface area (Å²) in [4.78, 5) is 12.9. The number of aryl methyl sites for hydroxylation is 1. The second-order valence-corrected chi connectivity index (χ2v) is 4.86. The van der Waals surface area contributed by atoms with Crippen LogP contribution in [0, 0.1) is 13.8 Å². The SMILES string of the molecule is Cc1nn(C2CN(C)C2)c(C)c1CCC(=O)O. The number of hydrogen-bond acceptors (Lipinski definition) is 3. The number of carboxylic acids is 1. The highest BCUT2D eigenvalue weighted by Gasteiger charge is 2.28. The van der Waals surface area contributed by atoms with Gasteiger partial charge in [-0.15, -0.1) is 0 Å². The highest BCUT2D eigenvalue weighted by atomic mass is 16.4. The van der Waals surface area contributed by atoms with E-state index in [0.717, 1.165) is 30.0 Å². The molecule has 1 N–H and O–H groups in total. The van der Waals surface area contributed by atoms with Gasteiger partial charge in [-0.1, -0.05) is 0 Å². The summed E-state index contributed by atoms with van der Waals surface area (Å²) in [5, 5.41) is 13.3. The quantitative estimate of drug-likeness (QED) is 0.849. The fourth-order valence-corrected chi connectivity index (χ4v) is 2.47. The van der Waals surface area contributed by atoms with Gasteiger partial charge < -0.3 is 10.0 Å². The highest BCUT2D eigenvalue weighted by molar-refractivity contribution is 5.67. The van der Waals surface area contributed by atoms with Gasteiger partial charge in [0.25, 0.3) is 0 Å². The smallest absolute Gasteiger partial charge is 0.303 e. The molecule has 0 spiro atoms. The van der Waals surface area contributed by atoms with Gasteiger partial charge in [-0.25, -0.2) is 0 Å². The van der Waals surface area contributed by atoms with E-state index in [1.807, 2.05) is 13.8 Å². The summed E-state index contributed by atoms with van der Waals surface area (Å²) in [6.07, 6.45) is 0.757. The lowest BCUT2D eigenvalue weighted by molar-refractivity contribution is -0.136. The Bertz CT molecular complexity index is 433. The van der Waals surface area contributed by atoms with E-state index >= 15 is 0 Å². The van der Waals surface area contributed by atoms with Crippen LogP contribution in [0.2, 0.25) is 0 Å². The number of rotatable bonds is 4. The molecule has 1 aromatic heterocycles. The van der Waals surface area contributed by atoms with Gasteiger partial charge in [0.15, 0.2) is 0 Å². The van der Waals surface area contributed by atoms with Crippen LogP contribution >= 0.6 is 0 Å². The topological polar surface area (TPSA) is 58.4 Å². The molecule has 5 nitrogen and oxygen atoms in total. The lowest BCUT2D eigenvalue weighted by Gasteiger charge is -2.36. The zero-order valence-electron chi connectivity index (χ0n) is 10.6. The molecule has 0 amide bonds. The summed E-state index contributed by atoms with van der Waals surface area (Å²) < 4.78 is 2.06. The molecule has 0 bridgehead atoms. The minimum atomic E-state index is -0.750. The lowest BCUT2D eigenvalue weighted by Crippen LogP contribution is -2.45. The summed E-state index contributed by atoms with van der Waals surface area (Å²) in [5.74, 6) is -0.750. The molecule has 2 heterocycles. The third-order valence-electron chi connectivity index (χ3n) is 3.45. The van der Waals surface area contributed by atoms with E-state index in [9.17, 15) is 4.79 Å². The third kappa shape index (κ3) is 2.34. The van der Waals surface area contributed by atoms with Gasteiger partial charge in [0.1, 0.15) is 0 Å². The molecule has 17 heavy (non-hydrogen) atoms. The van der Waals surface area contributed by atoms with Crippen LogP contribution in [0.25, 0.3) is 0 Å². The summed E-state index contributed by atoms with van der Waals surface area (Å²) in [5.41, 5.74) is 3.20. The minimum absolute atomic E-state index is 0.179. The van der Waals surface area contributed by atoms with Crippen LogP contribution in [-0.4, -0.2) is 45.9 Å². The van der Waals surface area contributed by atoms with Gasteiger partial charge in [-0.05, 0) is 32.9 Å². The van der Waals surface area contributed by atoms with Gasteiger partial charge in [0.05, 0.1) is 11.7 Å². The number of likely N-dealkylation sites (N-methyl/N-ethyl adjacent to an activating group) is 1. The Morgan fingerprint density at radius 2 is 2.12 bits per heavy atom. The van der Waals surface area contributed by atoms with Gasteiger partial charge in [-0.2, -0.15) is 5.10 Å². The molecule has 5 heteroatoms. The van der Waals surface area contributed by atoms with Crippen molar-refractivity contribution >= 4 is 5.97 Å². The normalized spacial score (nSPS) is 17.1. The van der Waals surface area contributed by atoms with Crippen molar-refractivity contribution in [1.29, 1.82) is 0 Å². The number of nitrogens with zero attached hydrogens (tertiary/aromatic N) is 3. The molecule has 1 aromatic rings. The summed E-state index contributed by atoms with van der Waals surface area (Å²) in [6, 6.07) is 0.456. The largest absolute Gasteiger partial charge is 0.481 e. The van der Waals surface area contributed by atoms with Crippen LogP contribution < -0.4 is 0 Å². The van der Waals surface area contributed by atoms with E-state index in [-0.39, 0.29) is 6.42 Å². The Labute approximate surface area is 101 Å². The van der Waals surface area contributed by atoms with Crippen molar-refractivity contribution in [2.24, 2.45) is 0 Å². The number of carbonyl (C=O) groups is 1. The first-order valence-electron chi connectivity index (χ1n) is 5.94. The molecule has 0 aromatic carbocycles. The van der Waals surface area contributed by atoms with Crippen LogP contribution in [0.4, 0.5) is 0 Å². The molecule has 1 fully saturated rings.